The third-order valence-electron chi connectivity index (χ3n) is 18.8. The summed E-state index contributed by atoms with van der Waals surface area (Å²) in [4.78, 5) is 160. The lowest BCUT2D eigenvalue weighted by molar-refractivity contribution is -0.132. The van der Waals surface area contributed by atoms with Crippen LogP contribution in [0.4, 0.5) is 4.79 Å². The van der Waals surface area contributed by atoms with Gasteiger partial charge in [-0.3, -0.25) is 43.2 Å². The van der Waals surface area contributed by atoms with E-state index in [1.165, 1.54) is 0 Å². The van der Waals surface area contributed by atoms with Crippen molar-refractivity contribution in [2.24, 2.45) is 54.1 Å². The molecule has 0 aromatic carbocycles. The van der Waals surface area contributed by atoms with Crippen molar-refractivity contribution >= 4 is 68.3 Å². The van der Waals surface area contributed by atoms with Gasteiger partial charge in [-0.25, -0.2) is 4.79 Å². The van der Waals surface area contributed by atoms with Crippen LogP contribution in [-0.2, 0) is 57.4 Å². The lowest BCUT2D eigenvalue weighted by atomic mass is 9.92. The highest BCUT2D eigenvalue weighted by molar-refractivity contribution is 7.14. The predicted molar refractivity (Wildman–Crippen MR) is 457 cm³/mol. The van der Waals surface area contributed by atoms with E-state index in [-0.39, 0.29) is 204 Å². The summed E-state index contributed by atoms with van der Waals surface area (Å²) in [5, 5.41) is 14.1. The number of rotatable bonds is 69. The first kappa shape index (κ1) is 109. The number of hydrogen-bond donors (Lipinski definition) is 5. The van der Waals surface area contributed by atoms with Gasteiger partial charge in [0.15, 0.2) is 0 Å². The molecule has 34 nitrogen and oxygen atoms in total. The molecule has 0 bridgehead atoms. The van der Waals surface area contributed by atoms with Crippen molar-refractivity contribution in [3.05, 3.63) is 10.4 Å². The Kier molecular flexibility index (Phi) is 59.8. The second-order valence-electron chi connectivity index (χ2n) is 35.0. The first-order chi connectivity index (χ1) is 54.1. The van der Waals surface area contributed by atoms with Gasteiger partial charge >= 0.3 is 6.09 Å². The van der Waals surface area contributed by atoms with E-state index in [1.807, 2.05) is 21.7 Å². The molecule has 1 unspecified atom stereocenters. The minimum absolute atomic E-state index is 0.00416. The normalized spacial score (nSPS) is 12.2. The van der Waals surface area contributed by atoms with Crippen molar-refractivity contribution in [2.45, 2.75) is 186 Å². The average Bonchev–Trinajstić information content (AvgIpc) is 0.860. The van der Waals surface area contributed by atoms with E-state index < -0.39 is 6.09 Å². The summed E-state index contributed by atoms with van der Waals surface area (Å²) < 4.78 is 16.0. The van der Waals surface area contributed by atoms with Crippen LogP contribution >= 0.6 is 9.39 Å². The monoisotopic (exact) mass is 1650 g/mol. The van der Waals surface area contributed by atoms with E-state index in [9.17, 15) is 47.9 Å². The molecule has 0 aliphatic rings. The molecule has 7 amide bonds. The molecule has 0 spiro atoms. The summed E-state index contributed by atoms with van der Waals surface area (Å²) in [5.74, 6) is -0.640. The lowest BCUT2D eigenvalue weighted by Gasteiger charge is -2.37. The standard InChI is InChI=1S/C80H158N21O13P/c1-77(2,3)63-86-71(106)28-45-98(55-52-94(16)75(110)32-49-99(64-78(4,5)6)56-57-100(65-79(7,8)9)66-80(10,11)12)48-31-74(109)93(15)51-54-97(42-25-68(103)22-18-39-95(41-24-67(102)21-17-33-81)44-27-70(105)85-36-35-83)47-30-73(108)92(14)50-53-96(46-29-72(107)91(13)38-20-34-82)43-26-69(104)23-19-40-101(89-90-115)76(111)114-62-61-113-60-59-112-58-37-87-88-84/h17-66,81-83,115H2,1-16H3,(H,85,105)(H,86,106). The topological polar surface area (TPSA) is 410 Å². The molecule has 35 heteroatoms. The third kappa shape index (κ3) is 62.8. The van der Waals surface area contributed by atoms with Gasteiger partial charge in [0.2, 0.25) is 35.4 Å². The molecule has 0 saturated heterocycles. The van der Waals surface area contributed by atoms with Crippen molar-refractivity contribution in [2.75, 3.05) is 251 Å². The quantitative estimate of drug-likeness (QED) is 0.0120. The molecule has 0 aromatic heterocycles. The number of azide groups is 1. The van der Waals surface area contributed by atoms with E-state index in [0.717, 1.165) is 37.7 Å². The molecule has 0 radical (unpaired) electrons. The molecule has 0 heterocycles. The number of nitrogens with two attached hydrogens (primary N) is 3. The number of nitrogens with one attached hydrogen (secondary N) is 2. The van der Waals surface area contributed by atoms with Crippen LogP contribution in [0.25, 0.3) is 10.4 Å². The molecular weight excluding hydrogens is 1490 g/mol. The molecule has 1 atom stereocenters. The maximum atomic E-state index is 14.2. The number of carbonyl (C=O) groups is 10. The van der Waals surface area contributed by atoms with Crippen molar-refractivity contribution < 1.29 is 62.2 Å². The van der Waals surface area contributed by atoms with Crippen LogP contribution in [0.3, 0.4) is 0 Å². The number of likely N-dealkylation sites (N-methyl/N-ethyl adjacent to an activating group) is 3. The Bertz CT molecular complexity index is 2800. The molecule has 8 N–H and O–H groups in total. The number of ketones is 3. The second-order valence-corrected chi connectivity index (χ2v) is 35.2. The minimum Gasteiger partial charge on any atom is -0.446 e. The molecule has 666 valence electrons. The molecule has 0 saturated carbocycles. The Labute approximate surface area is 693 Å². The molecule has 0 rings (SSSR count). The van der Waals surface area contributed by atoms with Crippen LogP contribution in [0.5, 0.6) is 0 Å². The van der Waals surface area contributed by atoms with Crippen molar-refractivity contribution in [3.63, 3.8) is 0 Å². The number of nitrogens with zero attached hydrogens (tertiary/aromatic N) is 16. The zero-order chi connectivity index (χ0) is 86.8. The summed E-state index contributed by atoms with van der Waals surface area (Å²) in [6.45, 7) is 40.4. The maximum absolute atomic E-state index is 14.2. The fourth-order valence-electron chi connectivity index (χ4n) is 12.3. The Morgan fingerprint density at radius 2 is 0.730 bits per heavy atom. The highest BCUT2D eigenvalue weighted by Gasteiger charge is 2.27. The van der Waals surface area contributed by atoms with Gasteiger partial charge in [0.1, 0.15) is 24.0 Å². The summed E-state index contributed by atoms with van der Waals surface area (Å²) >= 11 is 0. The first-order valence-corrected chi connectivity index (χ1v) is 42.3. The zero-order valence-electron chi connectivity index (χ0n) is 74.1. The number of amides is 7. The van der Waals surface area contributed by atoms with Crippen LogP contribution in [0.1, 0.15) is 186 Å². The van der Waals surface area contributed by atoms with Gasteiger partial charge in [-0.05, 0) is 72.5 Å². The van der Waals surface area contributed by atoms with Gasteiger partial charge in [-0.1, -0.05) is 93.4 Å². The van der Waals surface area contributed by atoms with Crippen LogP contribution in [0.2, 0.25) is 0 Å². The Morgan fingerprint density at radius 3 is 1.15 bits per heavy atom. The smallest absolute Gasteiger partial charge is 0.431 e. The van der Waals surface area contributed by atoms with Crippen LogP contribution in [0.15, 0.2) is 15.2 Å². The fourth-order valence-corrected chi connectivity index (χ4v) is 12.4. The molecular formula is C80H158N21O13P. The fraction of sp³-hybridized carbons (Fsp3) is 0.875. The van der Waals surface area contributed by atoms with E-state index in [2.05, 4.69) is 138 Å². The maximum Gasteiger partial charge on any atom is 0.431 e. The van der Waals surface area contributed by atoms with Crippen molar-refractivity contribution in [1.29, 1.82) is 0 Å². The van der Waals surface area contributed by atoms with E-state index in [1.54, 1.807) is 40.7 Å². The number of hydrogen-bond acceptors (Lipinski definition) is 25. The van der Waals surface area contributed by atoms with Crippen LogP contribution in [-0.4, -0.2) is 364 Å². The SMILES string of the molecule is CN(CCCN)C(=O)CCN(CCC(=O)CCCN(N=NP)C(=O)OCCOCCOCCN=[N+]=[N-])CCN(C)C(=O)CCN(CCC(=O)CCCN(CCC(=O)CCCN)CCC(=O)NCCN)CCN(C)C(=O)CCN(CCC(=O)NCC(C)(C)C)CCN(C)C(=O)CCN(CCN(CC(C)(C)C)CC(C)(C)C)CC(C)(C)C. The lowest BCUT2D eigenvalue weighted by Crippen LogP contribution is -2.45. The predicted octanol–water partition coefficient (Wildman–Crippen LogP) is 5.81. The summed E-state index contributed by atoms with van der Waals surface area (Å²) in [6, 6.07) is 0. The minimum atomic E-state index is -0.771. The molecule has 0 aromatic rings. The van der Waals surface area contributed by atoms with E-state index in [0.29, 0.717) is 163 Å². The number of carbonyl (C=O) groups excluding carboxylic acids is 10. The van der Waals surface area contributed by atoms with Crippen LogP contribution in [0, 0.1) is 21.7 Å². The van der Waals surface area contributed by atoms with Gasteiger partial charge in [-0.2, -0.15) is 9.89 Å². The van der Waals surface area contributed by atoms with Gasteiger partial charge in [0, 0.05) is 283 Å². The largest absolute Gasteiger partial charge is 0.446 e. The highest BCUT2D eigenvalue weighted by atomic mass is 31.0. The molecule has 0 fully saturated rings. The second kappa shape index (κ2) is 63.1. The average molecular weight is 1650 g/mol. The highest BCUT2D eigenvalue weighted by Crippen LogP contribution is 2.23. The van der Waals surface area contributed by atoms with Gasteiger partial charge in [0.25, 0.3) is 0 Å². The zero-order valence-corrected chi connectivity index (χ0v) is 75.3. The third-order valence-corrected chi connectivity index (χ3v) is 18.9. The number of ether oxygens (including phenoxy) is 3. The van der Waals surface area contributed by atoms with Gasteiger partial charge in [0.05, 0.1) is 33.0 Å². The molecule has 0 aliphatic heterocycles. The van der Waals surface area contributed by atoms with Crippen molar-refractivity contribution in [1.82, 2.24) is 64.6 Å². The summed E-state index contributed by atoms with van der Waals surface area (Å²) in [5.41, 5.74) is 25.6. The summed E-state index contributed by atoms with van der Waals surface area (Å²) in [7, 11) is 9.02. The van der Waals surface area contributed by atoms with Gasteiger partial charge in [-0.15, -0.1) is 0 Å². The first-order valence-electron chi connectivity index (χ1n) is 41.8. The van der Waals surface area contributed by atoms with E-state index >= 15 is 0 Å². The Balaban J connectivity index is 6.65. The van der Waals surface area contributed by atoms with Crippen LogP contribution < -0.4 is 27.8 Å². The Hall–Kier alpha value is -6.00. The molecule has 115 heavy (non-hydrogen) atoms. The summed E-state index contributed by atoms with van der Waals surface area (Å²) in [6.07, 6.45) is 3.68. The molecule has 0 aliphatic carbocycles. The number of Topliss-reactive ketones (excluding diaryl/α,β-unsaturated/α-hetero) is 3. The van der Waals surface area contributed by atoms with Gasteiger partial charge < -0.3 is 91.0 Å². The van der Waals surface area contributed by atoms with E-state index in [4.69, 9.17) is 36.9 Å². The Morgan fingerprint density at radius 1 is 0.374 bits per heavy atom. The van der Waals surface area contributed by atoms with Crippen molar-refractivity contribution in [3.8, 4) is 0 Å².